The maximum absolute atomic E-state index is 12.1. The van der Waals surface area contributed by atoms with Gasteiger partial charge in [-0.05, 0) is 42.4 Å². The van der Waals surface area contributed by atoms with Crippen molar-refractivity contribution in [3.05, 3.63) is 0 Å². The molecule has 0 saturated heterocycles. The van der Waals surface area contributed by atoms with E-state index in [-0.39, 0.29) is 18.0 Å². The minimum Gasteiger partial charge on any atom is -0.352 e. The summed E-state index contributed by atoms with van der Waals surface area (Å²) in [5.74, 6) is 0.479. The van der Waals surface area contributed by atoms with Gasteiger partial charge in [0, 0.05) is 6.04 Å². The molecule has 112 valence electrons. The number of nitrogens with one attached hydrogen (secondary N) is 1. The van der Waals surface area contributed by atoms with Crippen LogP contribution in [0.1, 0.15) is 67.2 Å². The Morgan fingerprint density at radius 1 is 1.21 bits per heavy atom. The Morgan fingerprint density at radius 3 is 2.11 bits per heavy atom. The van der Waals surface area contributed by atoms with Crippen LogP contribution in [0.3, 0.4) is 0 Å². The molecule has 3 heteroatoms. The van der Waals surface area contributed by atoms with Gasteiger partial charge in [0.2, 0.25) is 5.91 Å². The lowest BCUT2D eigenvalue weighted by Crippen LogP contribution is -2.50. The molecule has 1 aliphatic carbocycles. The molecule has 0 aliphatic heterocycles. The third kappa shape index (κ3) is 5.52. The molecule has 0 bridgehead atoms. The van der Waals surface area contributed by atoms with Gasteiger partial charge in [-0.2, -0.15) is 0 Å². The fourth-order valence-electron chi connectivity index (χ4n) is 3.87. The van der Waals surface area contributed by atoms with Gasteiger partial charge in [0.05, 0.1) is 6.04 Å². The number of hydrogen-bond acceptors (Lipinski definition) is 2. The molecule has 1 saturated carbocycles. The number of nitrogens with two attached hydrogens (primary N) is 1. The first-order valence-electron chi connectivity index (χ1n) is 7.57. The van der Waals surface area contributed by atoms with Gasteiger partial charge in [0.15, 0.2) is 0 Å². The molecule has 3 N–H and O–H groups in total. The summed E-state index contributed by atoms with van der Waals surface area (Å²) in [6.07, 6.45) is 4.07. The first-order valence-corrected chi connectivity index (χ1v) is 7.57. The zero-order valence-corrected chi connectivity index (χ0v) is 13.5. The first kappa shape index (κ1) is 16.5. The molecule has 0 unspecified atom stereocenters. The number of carbonyl (C=O) groups is 1. The summed E-state index contributed by atoms with van der Waals surface area (Å²) in [6.45, 7) is 13.4. The Bertz CT molecular complexity index is 305. The molecule has 0 aromatic heterocycles. The maximum atomic E-state index is 12.1. The van der Waals surface area contributed by atoms with Crippen molar-refractivity contribution in [2.75, 3.05) is 0 Å². The van der Waals surface area contributed by atoms with Gasteiger partial charge < -0.3 is 11.1 Å². The summed E-state index contributed by atoms with van der Waals surface area (Å²) < 4.78 is 0. The second kappa shape index (κ2) is 5.82. The number of rotatable bonds is 4. The van der Waals surface area contributed by atoms with Crippen LogP contribution in [0.25, 0.3) is 0 Å². The Labute approximate surface area is 118 Å². The van der Waals surface area contributed by atoms with E-state index in [9.17, 15) is 4.79 Å². The number of hydrogen-bond donors (Lipinski definition) is 2. The van der Waals surface area contributed by atoms with Gasteiger partial charge in [-0.3, -0.25) is 4.79 Å². The highest BCUT2D eigenvalue weighted by Crippen LogP contribution is 2.45. The van der Waals surface area contributed by atoms with E-state index in [1.807, 2.05) is 0 Å². The van der Waals surface area contributed by atoms with Crippen molar-refractivity contribution in [1.29, 1.82) is 0 Å². The zero-order valence-electron chi connectivity index (χ0n) is 13.5. The smallest absolute Gasteiger partial charge is 0.237 e. The molecule has 0 aromatic rings. The average molecular weight is 268 g/mol. The molecule has 0 heterocycles. The van der Waals surface area contributed by atoms with Gasteiger partial charge in [0.25, 0.3) is 0 Å². The lowest BCUT2D eigenvalue weighted by atomic mass is 9.63. The Morgan fingerprint density at radius 2 is 1.68 bits per heavy atom. The lowest BCUT2D eigenvalue weighted by molar-refractivity contribution is -0.124. The maximum Gasteiger partial charge on any atom is 0.237 e. The molecule has 19 heavy (non-hydrogen) atoms. The van der Waals surface area contributed by atoms with Crippen molar-refractivity contribution < 1.29 is 4.79 Å². The average Bonchev–Trinajstić information content (AvgIpc) is 2.10. The van der Waals surface area contributed by atoms with Crippen LogP contribution in [0.15, 0.2) is 0 Å². The van der Waals surface area contributed by atoms with E-state index in [1.165, 1.54) is 6.42 Å². The molecule has 1 fully saturated rings. The predicted molar refractivity (Wildman–Crippen MR) is 80.8 cm³/mol. The van der Waals surface area contributed by atoms with Crippen LogP contribution < -0.4 is 11.1 Å². The Balaban J connectivity index is 2.59. The summed E-state index contributed by atoms with van der Waals surface area (Å²) in [4.78, 5) is 12.1. The quantitative estimate of drug-likeness (QED) is 0.823. The zero-order chi connectivity index (χ0) is 14.8. The van der Waals surface area contributed by atoms with Crippen molar-refractivity contribution in [3.63, 3.8) is 0 Å². The van der Waals surface area contributed by atoms with Crippen LogP contribution in [0.4, 0.5) is 0 Å². The molecule has 0 spiro atoms. The van der Waals surface area contributed by atoms with Gasteiger partial charge in [-0.25, -0.2) is 0 Å². The van der Waals surface area contributed by atoms with E-state index in [1.54, 1.807) is 0 Å². The highest BCUT2D eigenvalue weighted by molar-refractivity contribution is 5.81. The van der Waals surface area contributed by atoms with E-state index in [4.69, 9.17) is 5.73 Å². The molecule has 1 aliphatic rings. The highest BCUT2D eigenvalue weighted by atomic mass is 16.2. The van der Waals surface area contributed by atoms with Gasteiger partial charge >= 0.3 is 0 Å². The summed E-state index contributed by atoms with van der Waals surface area (Å²) in [5, 5.41) is 3.17. The van der Waals surface area contributed by atoms with E-state index in [0.717, 1.165) is 19.3 Å². The van der Waals surface area contributed by atoms with Gasteiger partial charge in [-0.15, -0.1) is 0 Å². The third-order valence-corrected chi connectivity index (χ3v) is 3.96. The predicted octanol–water partition coefficient (Wildman–Crippen LogP) is 3.08. The topological polar surface area (TPSA) is 55.1 Å². The molecule has 1 atom stereocenters. The Hall–Kier alpha value is -0.570. The molecular formula is C16H32N2O. The van der Waals surface area contributed by atoms with E-state index in [2.05, 4.69) is 46.9 Å². The second-order valence-corrected chi connectivity index (χ2v) is 8.36. The third-order valence-electron chi connectivity index (χ3n) is 3.96. The number of amides is 1. The van der Waals surface area contributed by atoms with Crippen molar-refractivity contribution in [2.24, 2.45) is 22.5 Å². The highest BCUT2D eigenvalue weighted by Gasteiger charge is 2.39. The van der Waals surface area contributed by atoms with Crippen molar-refractivity contribution in [3.8, 4) is 0 Å². The van der Waals surface area contributed by atoms with E-state index >= 15 is 0 Å². The molecule has 1 amide bonds. The minimum atomic E-state index is -0.367. The van der Waals surface area contributed by atoms with Crippen LogP contribution in [0.2, 0.25) is 0 Å². The van der Waals surface area contributed by atoms with Crippen LogP contribution in [0, 0.1) is 16.7 Å². The van der Waals surface area contributed by atoms with Crippen molar-refractivity contribution in [1.82, 2.24) is 5.32 Å². The fraction of sp³-hybridized carbons (Fsp3) is 0.938. The van der Waals surface area contributed by atoms with E-state index in [0.29, 0.717) is 16.7 Å². The monoisotopic (exact) mass is 268 g/mol. The molecule has 0 aromatic carbocycles. The Kier molecular flexibility index (Phi) is 5.05. The SMILES string of the molecule is CC(C)C[C@H](N)C(=O)NC1CC(C)(C)CC(C)(C)C1. The number of carbonyl (C=O) groups excluding carboxylic acids is 1. The summed E-state index contributed by atoms with van der Waals surface area (Å²) in [6, 6.07) is -0.0994. The van der Waals surface area contributed by atoms with Crippen LogP contribution in [0.5, 0.6) is 0 Å². The summed E-state index contributed by atoms with van der Waals surface area (Å²) in [7, 11) is 0. The van der Waals surface area contributed by atoms with Crippen molar-refractivity contribution in [2.45, 2.75) is 79.3 Å². The van der Waals surface area contributed by atoms with E-state index < -0.39 is 0 Å². The van der Waals surface area contributed by atoms with Crippen LogP contribution in [-0.2, 0) is 4.79 Å². The van der Waals surface area contributed by atoms with Gasteiger partial charge in [-0.1, -0.05) is 41.5 Å². The lowest BCUT2D eigenvalue weighted by Gasteiger charge is -2.45. The van der Waals surface area contributed by atoms with Crippen molar-refractivity contribution >= 4 is 5.91 Å². The standard InChI is InChI=1S/C16H32N2O/c1-11(2)7-13(17)14(19)18-12-8-15(3,4)10-16(5,6)9-12/h11-13H,7-10,17H2,1-6H3,(H,18,19)/t13-/m0/s1. The van der Waals surface area contributed by atoms with Crippen LogP contribution >= 0.6 is 0 Å². The molecule has 1 rings (SSSR count). The normalized spacial score (nSPS) is 24.2. The fourth-order valence-corrected chi connectivity index (χ4v) is 3.87. The minimum absolute atomic E-state index is 0.0206. The largest absolute Gasteiger partial charge is 0.352 e. The second-order valence-electron chi connectivity index (χ2n) is 8.36. The first-order chi connectivity index (χ1) is 8.51. The van der Waals surface area contributed by atoms with Crippen LogP contribution in [-0.4, -0.2) is 18.0 Å². The molecule has 3 nitrogen and oxygen atoms in total. The van der Waals surface area contributed by atoms with Gasteiger partial charge in [0.1, 0.15) is 0 Å². The molecule has 0 radical (unpaired) electrons. The summed E-state index contributed by atoms with van der Waals surface area (Å²) >= 11 is 0. The summed E-state index contributed by atoms with van der Waals surface area (Å²) in [5.41, 5.74) is 6.55. The molecular weight excluding hydrogens is 236 g/mol.